The van der Waals surface area contributed by atoms with Crippen molar-refractivity contribution in [1.29, 1.82) is 0 Å². The molecule has 0 bridgehead atoms. The summed E-state index contributed by atoms with van der Waals surface area (Å²) in [6, 6.07) is 15.5. The van der Waals surface area contributed by atoms with E-state index in [2.05, 4.69) is 37.9 Å². The molecule has 4 aromatic rings. The Morgan fingerprint density at radius 2 is 2.03 bits per heavy atom. The van der Waals surface area contributed by atoms with Crippen LogP contribution in [0, 0.1) is 0 Å². The molecule has 0 aliphatic carbocycles. The van der Waals surface area contributed by atoms with E-state index in [1.807, 2.05) is 35.4 Å². The first-order valence-corrected chi connectivity index (χ1v) is 13.0. The maximum absolute atomic E-state index is 13.1. The Kier molecular flexibility index (Phi) is 6.60. The highest BCUT2D eigenvalue weighted by molar-refractivity contribution is 14.1. The van der Waals surface area contributed by atoms with Gasteiger partial charge >= 0.3 is 0 Å². The molecule has 1 saturated heterocycles. The van der Waals surface area contributed by atoms with Crippen molar-refractivity contribution in [2.45, 2.75) is 24.9 Å². The summed E-state index contributed by atoms with van der Waals surface area (Å²) in [6.45, 7) is 0.664. The molecule has 1 fully saturated rings. The smallest absolute Gasteiger partial charge is 0.254 e. The molecule has 0 unspecified atom stereocenters. The average molecular weight is 587 g/mol. The molecule has 0 saturated carbocycles. The highest BCUT2D eigenvalue weighted by Gasteiger charge is 2.32. The molecule has 1 aliphatic heterocycles. The number of fused-ring (bicyclic) bond motifs is 1. The molecule has 1 aliphatic rings. The van der Waals surface area contributed by atoms with Gasteiger partial charge in [0.2, 0.25) is 5.95 Å². The Labute approximate surface area is 216 Å². The minimum absolute atomic E-state index is 0.0458. The average Bonchev–Trinajstić information content (AvgIpc) is 3.29. The van der Waals surface area contributed by atoms with E-state index in [0.29, 0.717) is 34.5 Å². The number of nitrogens with one attached hydrogen (secondary N) is 2. The number of halogens is 2. The topological polar surface area (TPSA) is 99.9 Å². The third kappa shape index (κ3) is 4.56. The number of hydrogen-bond donors (Lipinski definition) is 3. The van der Waals surface area contributed by atoms with Crippen molar-refractivity contribution in [3.05, 3.63) is 71.5 Å². The van der Waals surface area contributed by atoms with E-state index in [1.165, 1.54) is 0 Å². The van der Waals surface area contributed by atoms with Crippen molar-refractivity contribution >= 4 is 62.6 Å². The number of anilines is 2. The summed E-state index contributed by atoms with van der Waals surface area (Å²) in [5.74, 6) is 0.588. The van der Waals surface area contributed by atoms with Crippen molar-refractivity contribution in [1.82, 2.24) is 19.9 Å². The molecule has 0 spiro atoms. The van der Waals surface area contributed by atoms with E-state index >= 15 is 0 Å². The second-order valence-corrected chi connectivity index (χ2v) is 9.72. The monoisotopic (exact) mass is 586 g/mol. The first kappa shape index (κ1) is 22.9. The lowest BCUT2D eigenvalue weighted by molar-refractivity contribution is 0.0634. The molecule has 1 amide bonds. The van der Waals surface area contributed by atoms with Gasteiger partial charge in [0, 0.05) is 57.0 Å². The molecular weight excluding hydrogens is 563 g/mol. The predicted octanol–water partition coefficient (Wildman–Crippen LogP) is 5.38. The molecule has 7 nitrogen and oxygen atoms in total. The second kappa shape index (κ2) is 9.79. The van der Waals surface area contributed by atoms with Crippen LogP contribution in [0.5, 0.6) is 0 Å². The van der Waals surface area contributed by atoms with Crippen LogP contribution in [0.1, 0.15) is 23.2 Å². The number of likely N-dealkylation sites (tertiary alicyclic amines) is 1. The molecule has 174 valence electrons. The summed E-state index contributed by atoms with van der Waals surface area (Å²) in [7, 11) is 0. The van der Waals surface area contributed by atoms with E-state index in [1.54, 1.807) is 30.5 Å². The zero-order valence-corrected chi connectivity index (χ0v) is 21.3. The predicted molar refractivity (Wildman–Crippen MR) is 146 cm³/mol. The fourth-order valence-corrected chi connectivity index (χ4v) is 5.49. The number of aromatic nitrogens is 3. The number of aromatic amines is 1. The summed E-state index contributed by atoms with van der Waals surface area (Å²) in [4.78, 5) is 27.5. The summed E-state index contributed by atoms with van der Waals surface area (Å²) in [5, 5.41) is 5.05. The minimum atomic E-state index is 0.0458. The molecule has 4 N–H and O–H groups in total. The third-order valence-electron chi connectivity index (χ3n) is 6.23. The minimum Gasteiger partial charge on any atom is -0.399 e. The van der Waals surface area contributed by atoms with Crippen LogP contribution < -0.4 is 11.1 Å². The molecule has 0 radical (unpaired) electrons. The number of piperidine rings is 1. The number of H-pyrrole nitrogens is 1. The van der Waals surface area contributed by atoms with Crippen molar-refractivity contribution in [2.75, 3.05) is 22.0 Å². The van der Waals surface area contributed by atoms with Crippen LogP contribution >= 0.6 is 34.2 Å². The van der Waals surface area contributed by atoms with Gasteiger partial charge in [-0.25, -0.2) is 9.97 Å². The first-order valence-electron chi connectivity index (χ1n) is 11.1. The lowest BCUT2D eigenvalue weighted by Crippen LogP contribution is -2.50. The normalized spacial score (nSPS) is 18.2. The van der Waals surface area contributed by atoms with Gasteiger partial charge < -0.3 is 20.9 Å². The third-order valence-corrected chi connectivity index (χ3v) is 7.53. The lowest BCUT2D eigenvalue weighted by Gasteiger charge is -2.39. The quantitative estimate of drug-likeness (QED) is 0.166. The molecule has 9 heteroatoms. The van der Waals surface area contributed by atoms with Crippen molar-refractivity contribution in [3.8, 4) is 11.3 Å². The number of carbonyl (C=O) groups excluding carboxylic acids is 1. The summed E-state index contributed by atoms with van der Waals surface area (Å²) in [6.07, 6.45) is 5.19. The molecule has 2 atom stereocenters. The Morgan fingerprint density at radius 1 is 1.24 bits per heavy atom. The van der Waals surface area contributed by atoms with Crippen LogP contribution in [0.15, 0.2) is 60.9 Å². The van der Waals surface area contributed by atoms with Gasteiger partial charge in [0.25, 0.3) is 5.91 Å². The Morgan fingerprint density at radius 3 is 2.82 bits per heavy atom. The van der Waals surface area contributed by atoms with E-state index in [-0.39, 0.29) is 18.0 Å². The highest BCUT2D eigenvalue weighted by Crippen LogP contribution is 2.33. The van der Waals surface area contributed by atoms with Crippen LogP contribution in [0.2, 0.25) is 5.02 Å². The molecule has 34 heavy (non-hydrogen) atoms. The van der Waals surface area contributed by atoms with Gasteiger partial charge in [0.1, 0.15) is 0 Å². The zero-order valence-electron chi connectivity index (χ0n) is 18.3. The van der Waals surface area contributed by atoms with E-state index < -0.39 is 0 Å². The number of nitrogens with two attached hydrogens (primary N) is 1. The van der Waals surface area contributed by atoms with Crippen molar-refractivity contribution < 1.29 is 4.79 Å². The maximum atomic E-state index is 13.1. The maximum Gasteiger partial charge on any atom is 0.254 e. The van der Waals surface area contributed by atoms with Crippen LogP contribution in [0.25, 0.3) is 22.2 Å². The number of hydrogen-bond acceptors (Lipinski definition) is 5. The standard InChI is InChI=1S/C25H24ClIN6O/c26-21-14-30-25(32-23(21)20-13-29-22-4-2-1-3-19(20)22)31-17-9-10-33(18(11-17)12-27)24(34)15-5-7-16(28)8-6-15/h1-8,13-14,17-18,29H,9-12,28H2,(H,30,31,32)/t17-,18+/m0/s1. The fourth-order valence-electron chi connectivity index (χ4n) is 4.46. The molecule has 3 heterocycles. The van der Waals surface area contributed by atoms with Crippen LogP contribution in [-0.4, -0.2) is 48.8 Å². The number of para-hydroxylation sites is 1. The summed E-state index contributed by atoms with van der Waals surface area (Å²) < 4.78 is 0.846. The van der Waals surface area contributed by atoms with E-state index in [0.717, 1.165) is 33.7 Å². The molecule has 2 aromatic carbocycles. The fraction of sp³-hybridized carbons (Fsp3) is 0.240. The largest absolute Gasteiger partial charge is 0.399 e. The number of nitrogens with zero attached hydrogens (tertiary/aromatic N) is 3. The van der Waals surface area contributed by atoms with Crippen molar-refractivity contribution in [3.63, 3.8) is 0 Å². The number of alkyl halides is 1. The summed E-state index contributed by atoms with van der Waals surface area (Å²) in [5.41, 5.74) is 9.76. The SMILES string of the molecule is Nc1ccc(C(=O)N2CC[C@H](Nc3ncc(Cl)c(-c4c[nH]c5ccccc45)n3)C[C@@H]2CI)cc1. The Balaban J connectivity index is 1.32. The van der Waals surface area contributed by atoms with Gasteiger partial charge in [-0.05, 0) is 43.2 Å². The van der Waals surface area contributed by atoms with Crippen molar-refractivity contribution in [2.24, 2.45) is 0 Å². The first-order chi connectivity index (χ1) is 16.5. The number of carbonyl (C=O) groups is 1. The molecule has 2 aromatic heterocycles. The van der Waals surface area contributed by atoms with Gasteiger partial charge in [-0.15, -0.1) is 0 Å². The lowest BCUT2D eigenvalue weighted by atomic mass is 9.97. The second-order valence-electron chi connectivity index (χ2n) is 8.43. The highest BCUT2D eigenvalue weighted by atomic mass is 127. The van der Waals surface area contributed by atoms with Crippen LogP contribution in [-0.2, 0) is 0 Å². The Hall–Kier alpha value is -2.85. The van der Waals surface area contributed by atoms with Gasteiger partial charge in [0.15, 0.2) is 0 Å². The number of rotatable bonds is 5. The molecule has 5 rings (SSSR count). The van der Waals surface area contributed by atoms with E-state index in [9.17, 15) is 4.79 Å². The van der Waals surface area contributed by atoms with E-state index in [4.69, 9.17) is 22.3 Å². The van der Waals surface area contributed by atoms with Gasteiger partial charge in [0.05, 0.1) is 16.9 Å². The number of amides is 1. The zero-order chi connectivity index (χ0) is 23.7. The van der Waals surface area contributed by atoms with Crippen LogP contribution in [0.4, 0.5) is 11.6 Å². The van der Waals surface area contributed by atoms with Gasteiger partial charge in [-0.2, -0.15) is 0 Å². The van der Waals surface area contributed by atoms with Gasteiger partial charge in [-0.3, -0.25) is 4.79 Å². The number of nitrogen functional groups attached to an aromatic ring is 1. The Bertz CT molecular complexity index is 1320. The summed E-state index contributed by atoms with van der Waals surface area (Å²) >= 11 is 8.83. The van der Waals surface area contributed by atoms with Crippen LogP contribution in [0.3, 0.4) is 0 Å². The van der Waals surface area contributed by atoms with Gasteiger partial charge in [-0.1, -0.05) is 52.4 Å². The number of benzene rings is 2. The molecular formula is C25H24ClIN6O.